The summed E-state index contributed by atoms with van der Waals surface area (Å²) in [7, 11) is 0. The Morgan fingerprint density at radius 1 is 1.32 bits per heavy atom. The summed E-state index contributed by atoms with van der Waals surface area (Å²) < 4.78 is 0. The Balaban J connectivity index is 1.65. The van der Waals surface area contributed by atoms with Crippen molar-refractivity contribution in [3.05, 3.63) is 42.1 Å². The van der Waals surface area contributed by atoms with Crippen molar-refractivity contribution < 1.29 is 9.59 Å². The van der Waals surface area contributed by atoms with Crippen LogP contribution in [0.2, 0.25) is 0 Å². The molecule has 1 aromatic carbocycles. The fraction of sp³-hybridized carbons (Fsp3) is 0.450. The van der Waals surface area contributed by atoms with Crippen LogP contribution in [0.5, 0.6) is 0 Å². The van der Waals surface area contributed by atoms with Gasteiger partial charge in [0, 0.05) is 42.7 Å². The van der Waals surface area contributed by atoms with Gasteiger partial charge in [-0.3, -0.25) is 14.6 Å². The van der Waals surface area contributed by atoms with Gasteiger partial charge in [-0.25, -0.2) is 0 Å². The summed E-state index contributed by atoms with van der Waals surface area (Å²) in [6, 6.07) is 9.51. The highest BCUT2D eigenvalue weighted by Crippen LogP contribution is 2.20. The third-order valence-electron chi connectivity index (χ3n) is 4.75. The second-order valence-electron chi connectivity index (χ2n) is 7.07. The Morgan fingerprint density at radius 2 is 2.16 bits per heavy atom. The minimum Gasteiger partial charge on any atom is -0.356 e. The van der Waals surface area contributed by atoms with Gasteiger partial charge in [-0.05, 0) is 43.0 Å². The van der Waals surface area contributed by atoms with E-state index in [1.807, 2.05) is 49.1 Å². The number of piperidine rings is 1. The molecule has 1 fully saturated rings. The topological polar surface area (TPSA) is 62.3 Å². The van der Waals surface area contributed by atoms with E-state index in [0.717, 1.165) is 30.3 Å². The first-order valence-corrected chi connectivity index (χ1v) is 8.96. The third kappa shape index (κ3) is 4.16. The first-order chi connectivity index (χ1) is 12.0. The number of aromatic nitrogens is 1. The number of hydrogen-bond donors (Lipinski definition) is 1. The van der Waals surface area contributed by atoms with Crippen molar-refractivity contribution in [2.24, 2.45) is 11.8 Å². The van der Waals surface area contributed by atoms with Crippen molar-refractivity contribution in [2.75, 3.05) is 19.6 Å². The highest BCUT2D eigenvalue weighted by atomic mass is 16.2. The number of likely N-dealkylation sites (tertiary alicyclic amines) is 1. The second kappa shape index (κ2) is 7.64. The quantitative estimate of drug-likeness (QED) is 0.932. The molecule has 2 heterocycles. The lowest BCUT2D eigenvalue weighted by molar-refractivity contribution is -0.124. The number of benzene rings is 1. The summed E-state index contributed by atoms with van der Waals surface area (Å²) in [6.45, 7) is 5.89. The molecule has 2 amide bonds. The molecule has 1 aliphatic heterocycles. The molecule has 1 N–H and O–H groups in total. The molecule has 0 radical (unpaired) electrons. The standard InChI is InChI=1S/C20H25N3O2/c1-14(2)19(24)22-12-15-5-4-10-23(13-15)20(25)17-7-8-18-16(11-17)6-3-9-21-18/h3,6-9,11,14-15H,4-5,10,12-13H2,1-2H3,(H,22,24). The van der Waals surface area contributed by atoms with E-state index >= 15 is 0 Å². The maximum absolute atomic E-state index is 12.9. The van der Waals surface area contributed by atoms with E-state index in [9.17, 15) is 9.59 Å². The molecule has 2 aromatic rings. The molecule has 1 aliphatic rings. The van der Waals surface area contributed by atoms with Crippen LogP contribution in [0.4, 0.5) is 0 Å². The summed E-state index contributed by atoms with van der Waals surface area (Å²) >= 11 is 0. The fourth-order valence-corrected chi connectivity index (χ4v) is 3.26. The predicted octanol–water partition coefficient (Wildman–Crippen LogP) is 2.86. The van der Waals surface area contributed by atoms with Crippen molar-refractivity contribution in [3.63, 3.8) is 0 Å². The van der Waals surface area contributed by atoms with Crippen LogP contribution in [0.15, 0.2) is 36.5 Å². The van der Waals surface area contributed by atoms with E-state index in [0.29, 0.717) is 24.6 Å². The summed E-state index contributed by atoms with van der Waals surface area (Å²) in [5.41, 5.74) is 1.60. The molecule has 0 aliphatic carbocycles. The smallest absolute Gasteiger partial charge is 0.253 e. The molecular weight excluding hydrogens is 314 g/mol. The normalized spacial score (nSPS) is 17.7. The molecule has 1 aromatic heterocycles. The van der Waals surface area contributed by atoms with Crippen molar-refractivity contribution in [1.82, 2.24) is 15.2 Å². The number of carbonyl (C=O) groups is 2. The lowest BCUT2D eigenvalue weighted by atomic mass is 9.97. The van der Waals surface area contributed by atoms with Crippen molar-refractivity contribution >= 4 is 22.7 Å². The van der Waals surface area contributed by atoms with Gasteiger partial charge < -0.3 is 10.2 Å². The summed E-state index contributed by atoms with van der Waals surface area (Å²) in [5, 5.41) is 3.97. The van der Waals surface area contributed by atoms with E-state index in [1.165, 1.54) is 0 Å². The monoisotopic (exact) mass is 339 g/mol. The zero-order valence-electron chi connectivity index (χ0n) is 14.9. The molecule has 1 unspecified atom stereocenters. The van der Waals surface area contributed by atoms with Crippen LogP contribution in [0.1, 0.15) is 37.0 Å². The minimum absolute atomic E-state index is 0.00691. The summed E-state index contributed by atoms with van der Waals surface area (Å²) in [5.74, 6) is 0.450. The number of pyridine rings is 1. The highest BCUT2D eigenvalue weighted by Gasteiger charge is 2.25. The zero-order valence-corrected chi connectivity index (χ0v) is 14.9. The molecule has 25 heavy (non-hydrogen) atoms. The van der Waals surface area contributed by atoms with Gasteiger partial charge in [0.2, 0.25) is 5.91 Å². The van der Waals surface area contributed by atoms with Crippen LogP contribution < -0.4 is 5.32 Å². The third-order valence-corrected chi connectivity index (χ3v) is 4.75. The molecule has 1 saturated heterocycles. The number of nitrogens with zero attached hydrogens (tertiary/aromatic N) is 2. The maximum atomic E-state index is 12.9. The SMILES string of the molecule is CC(C)C(=O)NCC1CCCN(C(=O)c2ccc3ncccc3c2)C1. The fourth-order valence-electron chi connectivity index (χ4n) is 3.26. The van der Waals surface area contributed by atoms with E-state index in [2.05, 4.69) is 10.3 Å². The van der Waals surface area contributed by atoms with Gasteiger partial charge in [0.05, 0.1) is 5.52 Å². The number of amides is 2. The average Bonchev–Trinajstić information content (AvgIpc) is 2.65. The average molecular weight is 339 g/mol. The van der Waals surface area contributed by atoms with Crippen LogP contribution in [0.3, 0.4) is 0 Å². The highest BCUT2D eigenvalue weighted by molar-refractivity contribution is 5.98. The van der Waals surface area contributed by atoms with Crippen molar-refractivity contribution in [3.8, 4) is 0 Å². The van der Waals surface area contributed by atoms with Gasteiger partial charge in [-0.15, -0.1) is 0 Å². The lowest BCUT2D eigenvalue weighted by Crippen LogP contribution is -2.44. The molecule has 0 spiro atoms. The second-order valence-corrected chi connectivity index (χ2v) is 7.07. The van der Waals surface area contributed by atoms with Crippen LogP contribution in [0.25, 0.3) is 10.9 Å². The number of carbonyl (C=O) groups excluding carboxylic acids is 2. The Hall–Kier alpha value is -2.43. The minimum atomic E-state index is -0.00691. The largest absolute Gasteiger partial charge is 0.356 e. The first kappa shape index (κ1) is 17.4. The Bertz CT molecular complexity index is 772. The van der Waals surface area contributed by atoms with E-state index in [4.69, 9.17) is 0 Å². The van der Waals surface area contributed by atoms with E-state index < -0.39 is 0 Å². The van der Waals surface area contributed by atoms with Crippen LogP contribution in [0, 0.1) is 11.8 Å². The zero-order chi connectivity index (χ0) is 17.8. The molecule has 5 nitrogen and oxygen atoms in total. The Kier molecular flexibility index (Phi) is 5.31. The molecule has 0 saturated carbocycles. The number of hydrogen-bond acceptors (Lipinski definition) is 3. The number of fused-ring (bicyclic) bond motifs is 1. The molecular formula is C20H25N3O2. The molecule has 1 atom stereocenters. The molecule has 5 heteroatoms. The van der Waals surface area contributed by atoms with Gasteiger partial charge in [-0.1, -0.05) is 19.9 Å². The Labute approximate surface area is 148 Å². The Morgan fingerprint density at radius 3 is 2.96 bits per heavy atom. The molecule has 0 bridgehead atoms. The number of rotatable bonds is 4. The van der Waals surface area contributed by atoms with E-state index in [1.54, 1.807) is 6.20 Å². The van der Waals surface area contributed by atoms with Gasteiger partial charge >= 0.3 is 0 Å². The summed E-state index contributed by atoms with van der Waals surface area (Å²) in [6.07, 6.45) is 3.78. The van der Waals surface area contributed by atoms with Crippen LogP contribution in [-0.4, -0.2) is 41.3 Å². The van der Waals surface area contributed by atoms with Gasteiger partial charge in [-0.2, -0.15) is 0 Å². The van der Waals surface area contributed by atoms with Crippen molar-refractivity contribution in [1.29, 1.82) is 0 Å². The van der Waals surface area contributed by atoms with Crippen LogP contribution in [-0.2, 0) is 4.79 Å². The van der Waals surface area contributed by atoms with Gasteiger partial charge in [0.25, 0.3) is 5.91 Å². The van der Waals surface area contributed by atoms with Gasteiger partial charge in [0.1, 0.15) is 0 Å². The van der Waals surface area contributed by atoms with Crippen molar-refractivity contribution in [2.45, 2.75) is 26.7 Å². The van der Waals surface area contributed by atoms with E-state index in [-0.39, 0.29) is 17.7 Å². The van der Waals surface area contributed by atoms with Crippen LogP contribution >= 0.6 is 0 Å². The molecule has 3 rings (SSSR count). The summed E-state index contributed by atoms with van der Waals surface area (Å²) in [4.78, 5) is 30.8. The lowest BCUT2D eigenvalue weighted by Gasteiger charge is -2.33. The predicted molar refractivity (Wildman–Crippen MR) is 98.2 cm³/mol. The number of nitrogens with one attached hydrogen (secondary N) is 1. The maximum Gasteiger partial charge on any atom is 0.253 e. The van der Waals surface area contributed by atoms with Gasteiger partial charge in [0.15, 0.2) is 0 Å². The first-order valence-electron chi connectivity index (χ1n) is 8.96. The molecule has 132 valence electrons.